The summed E-state index contributed by atoms with van der Waals surface area (Å²) in [5, 5.41) is 0. The van der Waals surface area contributed by atoms with E-state index in [0.29, 0.717) is 5.92 Å². The van der Waals surface area contributed by atoms with E-state index in [1.165, 1.54) is 89.0 Å². The van der Waals surface area contributed by atoms with Gasteiger partial charge in [-0.15, -0.1) is 0 Å². The van der Waals surface area contributed by atoms with Crippen molar-refractivity contribution in [2.24, 2.45) is 29.6 Å². The maximum Gasteiger partial charge on any atom is 0.119 e. The molecule has 0 heterocycles. The van der Waals surface area contributed by atoms with Crippen molar-refractivity contribution in [1.29, 1.82) is 0 Å². The van der Waals surface area contributed by atoms with Crippen LogP contribution in [0.25, 0.3) is 0 Å². The minimum absolute atomic E-state index is 0.498. The molecule has 166 valence electrons. The summed E-state index contributed by atoms with van der Waals surface area (Å²) in [6, 6.07) is 6.88. The zero-order valence-electron chi connectivity index (χ0n) is 19.0. The molecule has 4 rings (SSSR count). The van der Waals surface area contributed by atoms with Crippen LogP contribution >= 0.6 is 0 Å². The fraction of sp³-hybridized carbons (Fsp3) is 0.714. The molecule has 3 aliphatic rings. The van der Waals surface area contributed by atoms with Crippen molar-refractivity contribution >= 4 is 0 Å². The molecule has 2 fully saturated rings. The van der Waals surface area contributed by atoms with Gasteiger partial charge in [0, 0.05) is 0 Å². The molecule has 1 aromatic carbocycles. The summed E-state index contributed by atoms with van der Waals surface area (Å²) in [4.78, 5) is 0. The van der Waals surface area contributed by atoms with Crippen LogP contribution in [0.4, 0.5) is 4.39 Å². The van der Waals surface area contributed by atoms with Crippen molar-refractivity contribution in [3.8, 4) is 5.75 Å². The van der Waals surface area contributed by atoms with Crippen LogP contribution in [0.15, 0.2) is 30.6 Å². The lowest BCUT2D eigenvalue weighted by molar-refractivity contribution is 0.0809. The highest BCUT2D eigenvalue weighted by atomic mass is 19.1. The normalized spacial score (nSPS) is 31.3. The van der Waals surface area contributed by atoms with Gasteiger partial charge in [-0.3, -0.25) is 0 Å². The summed E-state index contributed by atoms with van der Waals surface area (Å²) < 4.78 is 18.6. The van der Waals surface area contributed by atoms with Gasteiger partial charge in [-0.25, -0.2) is 4.39 Å². The molecule has 3 unspecified atom stereocenters. The number of hydrogen-bond acceptors (Lipinski definition) is 1. The Morgan fingerprint density at radius 2 is 1.70 bits per heavy atom. The van der Waals surface area contributed by atoms with Gasteiger partial charge in [0.25, 0.3) is 0 Å². The zero-order chi connectivity index (χ0) is 20.8. The molecule has 2 saturated carbocycles. The third kappa shape index (κ3) is 5.48. The van der Waals surface area contributed by atoms with E-state index < -0.39 is 0 Å². The Balaban J connectivity index is 1.27. The molecule has 1 nitrogen and oxygen atoms in total. The van der Waals surface area contributed by atoms with Crippen LogP contribution in [-0.2, 0) is 12.8 Å². The van der Waals surface area contributed by atoms with Crippen LogP contribution in [0.3, 0.4) is 0 Å². The van der Waals surface area contributed by atoms with Crippen LogP contribution in [0.5, 0.6) is 5.75 Å². The first kappa shape index (κ1) is 21.9. The van der Waals surface area contributed by atoms with E-state index >= 15 is 0 Å². The van der Waals surface area contributed by atoms with Crippen molar-refractivity contribution in [2.75, 3.05) is 6.61 Å². The molecule has 0 saturated heterocycles. The highest BCUT2D eigenvalue weighted by Crippen LogP contribution is 2.48. The average Bonchev–Trinajstić information content (AvgIpc) is 2.78. The van der Waals surface area contributed by atoms with Crippen molar-refractivity contribution in [1.82, 2.24) is 0 Å². The third-order valence-corrected chi connectivity index (χ3v) is 8.42. The Hall–Kier alpha value is -1.31. The van der Waals surface area contributed by atoms with Gasteiger partial charge in [-0.05, 0) is 117 Å². The SMILES string of the molecule is CCCCCCOc1ccc2c(c1)CCC(C1CCC3C[C@H](C=CF)CC[C@@H]3C1)C2. The second kappa shape index (κ2) is 10.8. The van der Waals surface area contributed by atoms with E-state index in [-0.39, 0.29) is 0 Å². The van der Waals surface area contributed by atoms with Gasteiger partial charge in [-0.1, -0.05) is 38.3 Å². The van der Waals surface area contributed by atoms with Crippen LogP contribution < -0.4 is 4.74 Å². The van der Waals surface area contributed by atoms with Crippen LogP contribution in [0.1, 0.15) is 88.7 Å². The molecule has 5 atom stereocenters. The molecule has 0 bridgehead atoms. The Morgan fingerprint density at radius 1 is 0.900 bits per heavy atom. The predicted octanol–water partition coefficient (Wildman–Crippen LogP) is 8.07. The van der Waals surface area contributed by atoms with Gasteiger partial charge >= 0.3 is 0 Å². The first-order chi connectivity index (χ1) is 14.8. The molecule has 0 spiro atoms. The second-order valence-electron chi connectivity index (χ2n) is 10.3. The van der Waals surface area contributed by atoms with Crippen LogP contribution in [0, 0.1) is 29.6 Å². The van der Waals surface area contributed by atoms with Gasteiger partial charge in [0.2, 0.25) is 0 Å². The number of unbranched alkanes of at least 4 members (excludes halogenated alkanes) is 3. The Kier molecular flexibility index (Phi) is 7.90. The lowest BCUT2D eigenvalue weighted by Crippen LogP contribution is -2.34. The Labute approximate surface area is 183 Å². The molecule has 0 aromatic heterocycles. The molecule has 0 N–H and O–H groups in total. The van der Waals surface area contributed by atoms with E-state index in [2.05, 4.69) is 25.1 Å². The van der Waals surface area contributed by atoms with E-state index in [0.717, 1.165) is 42.4 Å². The minimum Gasteiger partial charge on any atom is -0.494 e. The standard InChI is InChI=1S/C28H41FO/c1-2-3-4-5-16-30-28-13-12-26-19-25(10-11-27(26)20-28)24-9-8-22-17-21(14-15-29)6-7-23(22)18-24/h12-15,20-25H,2-11,16-19H2,1H3/t21-,22?,23+,24?,25?/m0/s1. The van der Waals surface area contributed by atoms with E-state index in [9.17, 15) is 4.39 Å². The van der Waals surface area contributed by atoms with E-state index in [1.54, 1.807) is 5.56 Å². The van der Waals surface area contributed by atoms with Gasteiger partial charge in [-0.2, -0.15) is 0 Å². The Bertz CT molecular complexity index is 696. The number of aryl methyl sites for hydroxylation is 1. The van der Waals surface area contributed by atoms with E-state index in [1.807, 2.05) is 6.08 Å². The maximum atomic E-state index is 12.6. The molecular formula is C28H41FO. The summed E-state index contributed by atoms with van der Waals surface area (Å²) in [7, 11) is 0. The maximum absolute atomic E-state index is 12.6. The number of fused-ring (bicyclic) bond motifs is 2. The first-order valence-electron chi connectivity index (χ1n) is 12.8. The van der Waals surface area contributed by atoms with Gasteiger partial charge < -0.3 is 4.74 Å². The smallest absolute Gasteiger partial charge is 0.119 e. The highest BCUT2D eigenvalue weighted by Gasteiger charge is 2.38. The van der Waals surface area contributed by atoms with Crippen molar-refractivity contribution in [3.05, 3.63) is 41.7 Å². The number of rotatable bonds is 8. The fourth-order valence-electron chi connectivity index (χ4n) is 6.64. The van der Waals surface area contributed by atoms with E-state index in [4.69, 9.17) is 4.74 Å². The van der Waals surface area contributed by atoms with Crippen molar-refractivity contribution in [2.45, 2.75) is 90.4 Å². The lowest BCUT2D eigenvalue weighted by Gasteiger charge is -2.44. The molecule has 30 heavy (non-hydrogen) atoms. The monoisotopic (exact) mass is 412 g/mol. The summed E-state index contributed by atoms with van der Waals surface area (Å²) in [5.74, 6) is 5.09. The summed E-state index contributed by atoms with van der Waals surface area (Å²) >= 11 is 0. The summed E-state index contributed by atoms with van der Waals surface area (Å²) in [6.45, 7) is 3.11. The number of ether oxygens (including phenoxy) is 1. The first-order valence-corrected chi connectivity index (χ1v) is 12.8. The molecule has 1 aromatic rings. The number of benzene rings is 1. The minimum atomic E-state index is 0.498. The Morgan fingerprint density at radius 3 is 2.53 bits per heavy atom. The van der Waals surface area contributed by atoms with Gasteiger partial charge in [0.15, 0.2) is 0 Å². The molecule has 0 radical (unpaired) electrons. The van der Waals surface area contributed by atoms with Crippen molar-refractivity contribution < 1.29 is 9.13 Å². The topological polar surface area (TPSA) is 9.23 Å². The quantitative estimate of drug-likeness (QED) is 0.392. The summed E-state index contributed by atoms with van der Waals surface area (Å²) in [6.07, 6.45) is 19.4. The molecule has 0 amide bonds. The summed E-state index contributed by atoms with van der Waals surface area (Å²) in [5.41, 5.74) is 3.10. The number of halogens is 1. The molecule has 2 heteroatoms. The lowest BCUT2D eigenvalue weighted by atomic mass is 9.61. The predicted molar refractivity (Wildman–Crippen MR) is 124 cm³/mol. The fourth-order valence-corrected chi connectivity index (χ4v) is 6.64. The highest BCUT2D eigenvalue weighted by molar-refractivity contribution is 5.37. The third-order valence-electron chi connectivity index (χ3n) is 8.42. The number of allylic oxidation sites excluding steroid dienone is 1. The van der Waals surface area contributed by atoms with Crippen LogP contribution in [0.2, 0.25) is 0 Å². The zero-order valence-corrected chi connectivity index (χ0v) is 19.0. The molecule has 3 aliphatic carbocycles. The van der Waals surface area contributed by atoms with Gasteiger partial charge in [0.05, 0.1) is 12.9 Å². The second-order valence-corrected chi connectivity index (χ2v) is 10.3. The van der Waals surface area contributed by atoms with Crippen LogP contribution in [-0.4, -0.2) is 6.61 Å². The average molecular weight is 413 g/mol. The van der Waals surface area contributed by atoms with Gasteiger partial charge in [0.1, 0.15) is 5.75 Å². The largest absolute Gasteiger partial charge is 0.494 e. The molecule has 0 aliphatic heterocycles. The van der Waals surface area contributed by atoms with Crippen molar-refractivity contribution in [3.63, 3.8) is 0 Å². The number of hydrogen-bond donors (Lipinski definition) is 0. The molecular weight excluding hydrogens is 371 g/mol.